The zero-order valence-electron chi connectivity index (χ0n) is 19.3. The van der Waals surface area contributed by atoms with Gasteiger partial charge in [0.25, 0.3) is 0 Å². The number of aliphatic carboxylic acids is 1. The van der Waals surface area contributed by atoms with Gasteiger partial charge in [-0.3, -0.25) is 0 Å². The Kier molecular flexibility index (Phi) is 28.6. The molecule has 0 fully saturated rings. The Morgan fingerprint density at radius 2 is 1.04 bits per heavy atom. The van der Waals surface area contributed by atoms with Gasteiger partial charge in [0.2, 0.25) is 0 Å². The number of carbonyl (C=O) groups excluding carboxylic acids is 1. The minimum Gasteiger partial charge on any atom is -0.550 e. The van der Waals surface area contributed by atoms with Crippen molar-refractivity contribution in [3.8, 4) is 0 Å². The first-order valence-corrected chi connectivity index (χ1v) is 11.4. The van der Waals surface area contributed by atoms with Crippen LogP contribution in [-0.4, -0.2) is 49.9 Å². The molecule has 0 aliphatic heterocycles. The number of carbonyl (C=O) groups is 1. The smallest absolute Gasteiger partial charge is 0.101 e. The standard InChI is InChI=1S/C18H36O2.C5H14NO.ClH/c1-2-3-4-5-6-7-8-9-10-11-12-13-14-15-16-17-18(19)20;1-6(2,3)4-5-7;/h2-17H2,1H3,(H,19,20);7H,4-5H2,1-3H3;1H/q;+1;/p-1. The molecule has 0 atom stereocenters. The van der Waals surface area contributed by atoms with Crippen molar-refractivity contribution in [2.45, 2.75) is 110 Å². The first-order chi connectivity index (χ1) is 12.8. The molecule has 0 heterocycles. The average Bonchev–Trinajstić information content (AvgIpc) is 2.57. The van der Waals surface area contributed by atoms with E-state index in [0.29, 0.717) is 0 Å². The summed E-state index contributed by atoms with van der Waals surface area (Å²) in [5, 5.41) is 18.6. The SMILES string of the molecule is CCCCCCCCCCCCCCCCCC(=O)[O-].C[N+](C)(C)CCO.Cl. The van der Waals surface area contributed by atoms with E-state index < -0.39 is 5.97 Å². The third-order valence-corrected chi connectivity index (χ3v) is 4.76. The predicted octanol–water partition coefficient (Wildman–Crippen LogP) is 5.10. The molecule has 0 aromatic carbocycles. The molecular formula is C23H50ClNO3. The van der Waals surface area contributed by atoms with Crippen molar-refractivity contribution < 1.29 is 19.5 Å². The maximum Gasteiger partial charge on any atom is 0.101 e. The molecule has 0 unspecified atom stereocenters. The minimum absolute atomic E-state index is 0. The molecule has 0 saturated carbocycles. The number of carboxylic acids is 1. The Hall–Kier alpha value is -0.320. The molecule has 0 rings (SSSR count). The van der Waals surface area contributed by atoms with Crippen LogP contribution in [0.3, 0.4) is 0 Å². The monoisotopic (exact) mass is 423 g/mol. The van der Waals surface area contributed by atoms with Gasteiger partial charge < -0.3 is 19.5 Å². The van der Waals surface area contributed by atoms with Crippen LogP contribution in [0, 0.1) is 0 Å². The maximum absolute atomic E-state index is 10.2. The molecule has 4 nitrogen and oxygen atoms in total. The number of nitrogens with zero attached hydrogens (tertiary/aromatic N) is 1. The van der Waals surface area contributed by atoms with E-state index in [4.69, 9.17) is 5.11 Å². The lowest BCUT2D eigenvalue weighted by Gasteiger charge is -2.21. The highest BCUT2D eigenvalue weighted by atomic mass is 35.5. The molecule has 0 aromatic heterocycles. The predicted molar refractivity (Wildman–Crippen MR) is 122 cm³/mol. The zero-order valence-corrected chi connectivity index (χ0v) is 20.2. The fourth-order valence-electron chi connectivity index (χ4n) is 2.94. The number of carboxylic acid groups (broad SMARTS) is 1. The van der Waals surface area contributed by atoms with Crippen LogP contribution in [0.2, 0.25) is 0 Å². The summed E-state index contributed by atoms with van der Waals surface area (Å²) in [7, 11) is 6.16. The molecule has 0 aromatic rings. The number of likely N-dealkylation sites (N-methyl/N-ethyl adjacent to an activating group) is 1. The van der Waals surface area contributed by atoms with E-state index >= 15 is 0 Å². The second-order valence-electron chi connectivity index (χ2n) is 8.81. The number of aliphatic hydroxyl groups excluding tert-OH is 1. The van der Waals surface area contributed by atoms with Crippen LogP contribution in [0.1, 0.15) is 110 Å². The number of quaternary nitrogens is 1. The van der Waals surface area contributed by atoms with E-state index in [9.17, 15) is 9.90 Å². The number of unbranched alkanes of at least 4 members (excludes halogenated alkanes) is 14. The van der Waals surface area contributed by atoms with Gasteiger partial charge in [0.05, 0.1) is 27.7 Å². The van der Waals surface area contributed by atoms with Crippen LogP contribution in [0.25, 0.3) is 0 Å². The van der Waals surface area contributed by atoms with Crippen molar-refractivity contribution in [3.05, 3.63) is 0 Å². The van der Waals surface area contributed by atoms with Gasteiger partial charge in [-0.05, 0) is 12.8 Å². The molecule has 5 heteroatoms. The van der Waals surface area contributed by atoms with Crippen molar-refractivity contribution in [1.29, 1.82) is 0 Å². The summed E-state index contributed by atoms with van der Waals surface area (Å²) in [6.07, 6.45) is 19.9. The lowest BCUT2D eigenvalue weighted by Crippen LogP contribution is -2.36. The molecule has 0 amide bonds. The molecule has 0 bridgehead atoms. The molecule has 28 heavy (non-hydrogen) atoms. The van der Waals surface area contributed by atoms with E-state index in [1.807, 2.05) is 0 Å². The summed E-state index contributed by atoms with van der Waals surface area (Å²) in [6, 6.07) is 0. The Morgan fingerprint density at radius 3 is 1.25 bits per heavy atom. The first kappa shape index (κ1) is 32.3. The number of aliphatic hydroxyl groups is 1. The van der Waals surface area contributed by atoms with Crippen LogP contribution in [0.15, 0.2) is 0 Å². The van der Waals surface area contributed by atoms with Gasteiger partial charge >= 0.3 is 0 Å². The van der Waals surface area contributed by atoms with Gasteiger partial charge in [0.15, 0.2) is 0 Å². The van der Waals surface area contributed by atoms with Crippen LogP contribution in [-0.2, 0) is 4.79 Å². The lowest BCUT2D eigenvalue weighted by molar-refractivity contribution is -0.870. The second kappa shape index (κ2) is 24.7. The average molecular weight is 424 g/mol. The van der Waals surface area contributed by atoms with E-state index in [1.54, 1.807) is 0 Å². The summed E-state index contributed by atoms with van der Waals surface area (Å²) in [6.45, 7) is 3.38. The van der Waals surface area contributed by atoms with Crippen LogP contribution in [0.4, 0.5) is 0 Å². The van der Waals surface area contributed by atoms with Gasteiger partial charge in [-0.15, -0.1) is 12.4 Å². The Balaban J connectivity index is -0.000000665. The Bertz CT molecular complexity index is 307. The van der Waals surface area contributed by atoms with E-state index in [1.165, 1.54) is 83.5 Å². The summed E-state index contributed by atoms with van der Waals surface area (Å²) < 4.78 is 0.844. The zero-order chi connectivity index (χ0) is 20.8. The number of rotatable bonds is 18. The van der Waals surface area contributed by atoms with Crippen molar-refractivity contribution in [2.24, 2.45) is 0 Å². The first-order valence-electron chi connectivity index (χ1n) is 11.4. The van der Waals surface area contributed by atoms with E-state index in [2.05, 4.69) is 28.1 Å². The molecule has 172 valence electrons. The van der Waals surface area contributed by atoms with Crippen LogP contribution in [0.5, 0.6) is 0 Å². The third kappa shape index (κ3) is 36.6. The highest BCUT2D eigenvalue weighted by molar-refractivity contribution is 5.85. The summed E-state index contributed by atoms with van der Waals surface area (Å²) in [5.74, 6) is -0.903. The van der Waals surface area contributed by atoms with E-state index in [-0.39, 0.29) is 25.4 Å². The van der Waals surface area contributed by atoms with Crippen LogP contribution >= 0.6 is 12.4 Å². The van der Waals surface area contributed by atoms with Gasteiger partial charge in [-0.2, -0.15) is 0 Å². The fraction of sp³-hybridized carbons (Fsp3) is 0.957. The quantitative estimate of drug-likeness (QED) is 0.246. The van der Waals surface area contributed by atoms with Crippen LogP contribution < -0.4 is 5.11 Å². The van der Waals surface area contributed by atoms with Gasteiger partial charge in [0, 0.05) is 5.97 Å². The highest BCUT2D eigenvalue weighted by Gasteiger charge is 2.02. The van der Waals surface area contributed by atoms with Gasteiger partial charge in [-0.25, -0.2) is 0 Å². The molecule has 0 aliphatic rings. The second-order valence-corrected chi connectivity index (χ2v) is 8.81. The van der Waals surface area contributed by atoms with Gasteiger partial charge in [0.1, 0.15) is 6.54 Å². The van der Waals surface area contributed by atoms with Crippen molar-refractivity contribution in [1.82, 2.24) is 0 Å². The van der Waals surface area contributed by atoms with Crippen molar-refractivity contribution in [3.63, 3.8) is 0 Å². The number of hydrogen-bond donors (Lipinski definition) is 1. The molecular weight excluding hydrogens is 374 g/mol. The van der Waals surface area contributed by atoms with E-state index in [0.717, 1.165) is 23.9 Å². The molecule has 0 spiro atoms. The summed E-state index contributed by atoms with van der Waals surface area (Å²) in [5.41, 5.74) is 0. The topological polar surface area (TPSA) is 60.4 Å². The minimum atomic E-state index is -0.903. The summed E-state index contributed by atoms with van der Waals surface area (Å²) >= 11 is 0. The highest BCUT2D eigenvalue weighted by Crippen LogP contribution is 2.13. The Labute approximate surface area is 182 Å². The molecule has 0 aliphatic carbocycles. The van der Waals surface area contributed by atoms with Crippen molar-refractivity contribution in [2.75, 3.05) is 34.3 Å². The Morgan fingerprint density at radius 1 is 0.714 bits per heavy atom. The number of hydrogen-bond acceptors (Lipinski definition) is 3. The molecule has 0 saturated heterocycles. The molecule has 1 N–H and O–H groups in total. The fourth-order valence-corrected chi connectivity index (χ4v) is 2.94. The third-order valence-electron chi connectivity index (χ3n) is 4.76. The van der Waals surface area contributed by atoms with Crippen molar-refractivity contribution >= 4 is 18.4 Å². The lowest BCUT2D eigenvalue weighted by atomic mass is 10.0. The molecule has 0 radical (unpaired) electrons. The summed E-state index contributed by atoms with van der Waals surface area (Å²) in [4.78, 5) is 10.2. The van der Waals surface area contributed by atoms with Gasteiger partial charge in [-0.1, -0.05) is 96.8 Å². The number of halogens is 1. The normalized spacial score (nSPS) is 10.8. The maximum atomic E-state index is 10.2. The largest absolute Gasteiger partial charge is 0.550 e.